The largest absolute Gasteiger partial charge is 0.480 e. The molecule has 1 aromatic rings. The molecule has 29 heavy (non-hydrogen) atoms. The first kappa shape index (κ1) is 24.5. The standard InChI is InChI=1S/C18H27N3O7S/c1-11(2)9-13(18(23)24)19-17(22)16(10-12(3)4)20(29(27)28)14-7-5-6-8-15(14)21(25)26/h5-8,11-13,16H,9-10H2,1-4H3,(H,19,22)(H,23,24)(H,27,28)/t13-,16-/m0/s1. The van der Waals surface area contributed by atoms with Crippen molar-refractivity contribution in [2.75, 3.05) is 4.31 Å². The van der Waals surface area contributed by atoms with Crippen LogP contribution in [0.1, 0.15) is 40.5 Å². The van der Waals surface area contributed by atoms with E-state index in [1.54, 1.807) is 27.7 Å². The molecule has 0 bridgehead atoms. The van der Waals surface area contributed by atoms with Gasteiger partial charge in [0.2, 0.25) is 5.91 Å². The van der Waals surface area contributed by atoms with Crippen molar-refractivity contribution in [2.24, 2.45) is 11.8 Å². The van der Waals surface area contributed by atoms with Gasteiger partial charge in [-0.3, -0.25) is 19.5 Å². The lowest BCUT2D eigenvalue weighted by Crippen LogP contribution is -2.53. The third-order valence-corrected chi connectivity index (χ3v) is 4.87. The Bertz CT molecular complexity index is 770. The maximum absolute atomic E-state index is 12.9. The van der Waals surface area contributed by atoms with Crippen LogP contribution in [0.2, 0.25) is 0 Å². The molecule has 1 unspecified atom stereocenters. The Hall–Kier alpha value is -2.53. The van der Waals surface area contributed by atoms with Crippen LogP contribution in [0.25, 0.3) is 0 Å². The molecule has 0 aliphatic rings. The molecule has 3 atom stereocenters. The predicted octanol–water partition coefficient (Wildman–Crippen LogP) is 2.57. The van der Waals surface area contributed by atoms with Crippen molar-refractivity contribution in [3.05, 3.63) is 34.4 Å². The second kappa shape index (κ2) is 10.9. The number of nitro benzene ring substituents is 1. The molecule has 1 aromatic carbocycles. The molecule has 0 aliphatic heterocycles. The summed E-state index contributed by atoms with van der Waals surface area (Å²) in [6.45, 7) is 7.16. The van der Waals surface area contributed by atoms with Gasteiger partial charge in [-0.1, -0.05) is 39.8 Å². The Kier molecular flexibility index (Phi) is 9.18. The number of carbonyl (C=O) groups is 2. The van der Waals surface area contributed by atoms with Gasteiger partial charge in [0.05, 0.1) is 4.92 Å². The van der Waals surface area contributed by atoms with E-state index < -0.39 is 45.8 Å². The van der Waals surface area contributed by atoms with Crippen molar-refractivity contribution in [1.29, 1.82) is 0 Å². The van der Waals surface area contributed by atoms with Crippen molar-refractivity contribution >= 4 is 34.5 Å². The van der Waals surface area contributed by atoms with E-state index in [4.69, 9.17) is 0 Å². The van der Waals surface area contributed by atoms with Crippen LogP contribution >= 0.6 is 0 Å². The van der Waals surface area contributed by atoms with Crippen molar-refractivity contribution in [1.82, 2.24) is 5.32 Å². The van der Waals surface area contributed by atoms with Gasteiger partial charge >= 0.3 is 5.97 Å². The van der Waals surface area contributed by atoms with Gasteiger partial charge in [-0.2, -0.15) is 0 Å². The highest BCUT2D eigenvalue weighted by Crippen LogP contribution is 2.31. The third kappa shape index (κ3) is 7.09. The first-order valence-corrected chi connectivity index (χ1v) is 10.2. The molecule has 162 valence electrons. The zero-order valence-corrected chi connectivity index (χ0v) is 17.6. The monoisotopic (exact) mass is 429 g/mol. The summed E-state index contributed by atoms with van der Waals surface area (Å²) in [6.07, 6.45) is 0.251. The lowest BCUT2D eigenvalue weighted by Gasteiger charge is -2.31. The maximum Gasteiger partial charge on any atom is 0.326 e. The quantitative estimate of drug-likeness (QED) is 0.278. The summed E-state index contributed by atoms with van der Waals surface area (Å²) in [4.78, 5) is 35.1. The number of para-hydroxylation sites is 2. The number of carboxylic acids is 1. The van der Waals surface area contributed by atoms with Crippen molar-refractivity contribution in [2.45, 2.75) is 52.6 Å². The maximum atomic E-state index is 12.9. The van der Waals surface area contributed by atoms with E-state index in [0.29, 0.717) is 0 Å². The van der Waals surface area contributed by atoms with Gasteiger partial charge in [-0.05, 0) is 30.7 Å². The van der Waals surface area contributed by atoms with E-state index in [2.05, 4.69) is 5.32 Å². The number of hydrogen-bond acceptors (Lipinski definition) is 5. The van der Waals surface area contributed by atoms with Gasteiger partial charge in [-0.15, -0.1) is 0 Å². The lowest BCUT2D eigenvalue weighted by molar-refractivity contribution is -0.384. The highest BCUT2D eigenvalue weighted by atomic mass is 32.2. The smallest absolute Gasteiger partial charge is 0.326 e. The number of nitrogens with one attached hydrogen (secondary N) is 1. The third-order valence-electron chi connectivity index (χ3n) is 4.09. The number of anilines is 1. The van der Waals surface area contributed by atoms with Crippen LogP contribution in [-0.4, -0.2) is 42.8 Å². The fourth-order valence-corrected chi connectivity index (χ4v) is 3.60. The molecular formula is C18H27N3O7S. The summed E-state index contributed by atoms with van der Waals surface area (Å²) in [6, 6.07) is 2.83. The number of nitro groups is 1. The molecule has 0 aliphatic carbocycles. The topological polar surface area (TPSA) is 150 Å². The molecule has 0 saturated carbocycles. The zero-order valence-electron chi connectivity index (χ0n) is 16.8. The molecule has 0 heterocycles. The molecule has 0 fully saturated rings. The Labute approximate surface area is 171 Å². The van der Waals surface area contributed by atoms with Crippen LogP contribution in [0.15, 0.2) is 24.3 Å². The van der Waals surface area contributed by atoms with E-state index >= 15 is 0 Å². The Morgan fingerprint density at radius 3 is 2.17 bits per heavy atom. The van der Waals surface area contributed by atoms with Gasteiger partial charge in [0.1, 0.15) is 17.8 Å². The molecular weight excluding hydrogens is 402 g/mol. The van der Waals surface area contributed by atoms with Crippen LogP contribution < -0.4 is 9.62 Å². The molecule has 11 heteroatoms. The first-order chi connectivity index (χ1) is 13.5. The number of amides is 1. The number of carboxylic acid groups (broad SMARTS) is 1. The fourth-order valence-electron chi connectivity index (χ4n) is 2.88. The van der Waals surface area contributed by atoms with Crippen LogP contribution in [0.5, 0.6) is 0 Å². The van der Waals surface area contributed by atoms with Crippen molar-refractivity contribution < 1.29 is 28.4 Å². The number of benzene rings is 1. The molecule has 1 rings (SSSR count). The van der Waals surface area contributed by atoms with Gasteiger partial charge in [0.15, 0.2) is 0 Å². The van der Waals surface area contributed by atoms with Crippen LogP contribution in [0.4, 0.5) is 11.4 Å². The van der Waals surface area contributed by atoms with E-state index in [1.165, 1.54) is 24.3 Å². The number of hydrogen-bond donors (Lipinski definition) is 3. The second-order valence-electron chi connectivity index (χ2n) is 7.48. The molecule has 3 N–H and O–H groups in total. The minimum atomic E-state index is -2.76. The molecule has 0 spiro atoms. The second-order valence-corrected chi connectivity index (χ2v) is 8.33. The Morgan fingerprint density at radius 2 is 1.72 bits per heavy atom. The number of rotatable bonds is 11. The average molecular weight is 429 g/mol. The number of nitrogens with zero attached hydrogens (tertiary/aromatic N) is 2. The molecule has 0 saturated heterocycles. The van der Waals surface area contributed by atoms with Crippen molar-refractivity contribution in [3.8, 4) is 0 Å². The zero-order chi connectivity index (χ0) is 22.3. The molecule has 10 nitrogen and oxygen atoms in total. The summed E-state index contributed by atoms with van der Waals surface area (Å²) in [5.74, 6) is -2.14. The van der Waals surface area contributed by atoms with Gasteiger partial charge in [0.25, 0.3) is 17.0 Å². The molecule has 1 amide bonds. The molecule has 0 aromatic heterocycles. The van der Waals surface area contributed by atoms with Gasteiger partial charge in [0, 0.05) is 6.07 Å². The lowest BCUT2D eigenvalue weighted by atomic mass is 10.00. The first-order valence-electron chi connectivity index (χ1n) is 9.12. The summed E-state index contributed by atoms with van der Waals surface area (Å²) in [5.41, 5.74) is -0.636. The number of carbonyl (C=O) groups excluding carboxylic acids is 1. The van der Waals surface area contributed by atoms with Gasteiger partial charge < -0.3 is 10.4 Å². The van der Waals surface area contributed by atoms with E-state index in [9.17, 15) is 33.6 Å². The summed E-state index contributed by atoms with van der Waals surface area (Å²) < 4.78 is 22.7. The SMILES string of the molecule is CC(C)C[C@H](NC(=O)[C@H](CC(C)C)N(c1ccccc1[N+](=O)[O-])S(=O)O)C(=O)O. The fraction of sp³-hybridized carbons (Fsp3) is 0.556. The van der Waals surface area contributed by atoms with Crippen LogP contribution in [0.3, 0.4) is 0 Å². The minimum absolute atomic E-state index is 0.0155. The molecule has 0 radical (unpaired) electrons. The van der Waals surface area contributed by atoms with E-state index in [0.717, 1.165) is 4.31 Å². The number of aliphatic carboxylic acids is 1. The van der Waals surface area contributed by atoms with Crippen LogP contribution in [0, 0.1) is 22.0 Å². The minimum Gasteiger partial charge on any atom is -0.480 e. The van der Waals surface area contributed by atoms with Crippen molar-refractivity contribution in [3.63, 3.8) is 0 Å². The summed E-state index contributed by atoms with van der Waals surface area (Å²) >= 11 is -2.76. The highest BCUT2D eigenvalue weighted by Gasteiger charge is 2.36. The van der Waals surface area contributed by atoms with E-state index in [1.807, 2.05) is 0 Å². The Morgan fingerprint density at radius 1 is 1.17 bits per heavy atom. The Balaban J connectivity index is 3.38. The van der Waals surface area contributed by atoms with Crippen LogP contribution in [-0.2, 0) is 20.9 Å². The van der Waals surface area contributed by atoms with Gasteiger partial charge in [-0.25, -0.2) is 13.3 Å². The highest BCUT2D eigenvalue weighted by molar-refractivity contribution is 7.80. The normalized spacial score (nSPS) is 14.3. The average Bonchev–Trinajstić information content (AvgIpc) is 2.59. The summed E-state index contributed by atoms with van der Waals surface area (Å²) in [5, 5.41) is 23.2. The van der Waals surface area contributed by atoms with E-state index in [-0.39, 0.29) is 30.4 Å². The predicted molar refractivity (Wildman–Crippen MR) is 109 cm³/mol. The summed E-state index contributed by atoms with van der Waals surface area (Å²) in [7, 11) is 0.